The Hall–Kier alpha value is -0.610. The van der Waals surface area contributed by atoms with Crippen molar-refractivity contribution in [2.45, 2.75) is 65.3 Å². The quantitative estimate of drug-likeness (QED) is 0.464. The van der Waals surface area contributed by atoms with Gasteiger partial charge >= 0.3 is 5.97 Å². The molecule has 2 N–H and O–H groups in total. The first-order chi connectivity index (χ1) is 8.97. The van der Waals surface area contributed by atoms with E-state index < -0.39 is 5.54 Å². The molecule has 0 fully saturated rings. The molecule has 0 amide bonds. The average Bonchev–Trinajstić information content (AvgIpc) is 2.38. The molecule has 0 aromatic rings. The largest absolute Gasteiger partial charge is 0.465 e. The third-order valence-corrected chi connectivity index (χ3v) is 3.40. The molecule has 0 aromatic heterocycles. The van der Waals surface area contributed by atoms with E-state index in [4.69, 9.17) is 15.2 Å². The second-order valence-corrected chi connectivity index (χ2v) is 5.38. The van der Waals surface area contributed by atoms with Crippen LogP contribution in [-0.4, -0.2) is 31.3 Å². The van der Waals surface area contributed by atoms with Crippen LogP contribution in [0.4, 0.5) is 0 Å². The zero-order valence-corrected chi connectivity index (χ0v) is 13.0. The minimum absolute atomic E-state index is 0.350. The van der Waals surface area contributed by atoms with Crippen LogP contribution in [0.5, 0.6) is 0 Å². The molecule has 0 aliphatic rings. The summed E-state index contributed by atoms with van der Waals surface area (Å²) in [6.45, 7) is 9.50. The lowest BCUT2D eigenvalue weighted by Gasteiger charge is -2.22. The molecule has 0 radical (unpaired) electrons. The van der Waals surface area contributed by atoms with E-state index in [1.54, 1.807) is 13.8 Å². The highest BCUT2D eigenvalue weighted by atomic mass is 16.5. The van der Waals surface area contributed by atoms with E-state index in [1.807, 2.05) is 0 Å². The maximum atomic E-state index is 11.6. The fourth-order valence-corrected chi connectivity index (χ4v) is 1.83. The van der Waals surface area contributed by atoms with Crippen LogP contribution in [0, 0.1) is 5.92 Å². The first-order valence-corrected chi connectivity index (χ1v) is 7.51. The summed E-state index contributed by atoms with van der Waals surface area (Å²) in [6, 6.07) is 0. The van der Waals surface area contributed by atoms with Gasteiger partial charge in [-0.25, -0.2) is 0 Å². The van der Waals surface area contributed by atoms with E-state index in [9.17, 15) is 4.79 Å². The van der Waals surface area contributed by atoms with Gasteiger partial charge in [-0.15, -0.1) is 0 Å². The summed E-state index contributed by atoms with van der Waals surface area (Å²) in [5.74, 6) is 0.267. The molecule has 0 spiro atoms. The first-order valence-electron chi connectivity index (χ1n) is 7.51. The summed E-state index contributed by atoms with van der Waals surface area (Å²) in [5, 5.41) is 0. The minimum Gasteiger partial charge on any atom is -0.465 e. The van der Waals surface area contributed by atoms with Crippen molar-refractivity contribution in [1.82, 2.24) is 0 Å². The van der Waals surface area contributed by atoms with Crippen LogP contribution in [0.2, 0.25) is 0 Å². The molecule has 0 aliphatic heterocycles. The van der Waals surface area contributed by atoms with E-state index in [2.05, 4.69) is 13.8 Å². The van der Waals surface area contributed by atoms with Gasteiger partial charge in [0, 0.05) is 13.2 Å². The van der Waals surface area contributed by atoms with Crippen LogP contribution >= 0.6 is 0 Å². The molecule has 4 heteroatoms. The highest BCUT2D eigenvalue weighted by Crippen LogP contribution is 2.14. The van der Waals surface area contributed by atoms with Gasteiger partial charge in [0.25, 0.3) is 0 Å². The third-order valence-electron chi connectivity index (χ3n) is 3.40. The van der Waals surface area contributed by atoms with E-state index in [0.717, 1.165) is 13.0 Å². The molecule has 0 rings (SSSR count). The highest BCUT2D eigenvalue weighted by Gasteiger charge is 2.29. The van der Waals surface area contributed by atoms with Crippen LogP contribution in [-0.2, 0) is 14.3 Å². The predicted octanol–water partition coefficient (Wildman–Crippen LogP) is 2.89. The molecular weight excluding hydrogens is 242 g/mol. The fourth-order valence-electron chi connectivity index (χ4n) is 1.83. The Kier molecular flexibility index (Phi) is 9.88. The lowest BCUT2D eigenvalue weighted by atomic mass is 9.99. The molecule has 0 saturated carbocycles. The van der Waals surface area contributed by atoms with E-state index >= 15 is 0 Å². The molecule has 0 aromatic carbocycles. The van der Waals surface area contributed by atoms with Crippen LogP contribution in [0.3, 0.4) is 0 Å². The number of carbonyl (C=O) groups excluding carboxylic acids is 1. The van der Waals surface area contributed by atoms with Gasteiger partial charge in [0.05, 0.1) is 6.61 Å². The van der Waals surface area contributed by atoms with Crippen molar-refractivity contribution in [3.05, 3.63) is 0 Å². The summed E-state index contributed by atoms with van der Waals surface area (Å²) < 4.78 is 10.6. The van der Waals surface area contributed by atoms with Crippen LogP contribution in [0.15, 0.2) is 0 Å². The van der Waals surface area contributed by atoms with Crippen molar-refractivity contribution < 1.29 is 14.3 Å². The number of esters is 1. The zero-order valence-electron chi connectivity index (χ0n) is 13.0. The third kappa shape index (κ3) is 8.22. The Balaban J connectivity index is 3.85. The van der Waals surface area contributed by atoms with E-state index in [0.29, 0.717) is 25.6 Å². The Morgan fingerprint density at radius 1 is 1.32 bits per heavy atom. The highest BCUT2D eigenvalue weighted by molar-refractivity contribution is 5.79. The van der Waals surface area contributed by atoms with Gasteiger partial charge in [-0.05, 0) is 32.6 Å². The first kappa shape index (κ1) is 18.4. The van der Waals surface area contributed by atoms with Gasteiger partial charge in [-0.2, -0.15) is 0 Å². The number of hydrogen-bond donors (Lipinski definition) is 1. The second kappa shape index (κ2) is 10.2. The monoisotopic (exact) mass is 273 g/mol. The van der Waals surface area contributed by atoms with Gasteiger partial charge in [-0.3, -0.25) is 4.79 Å². The Morgan fingerprint density at radius 2 is 2.00 bits per heavy atom. The molecule has 0 bridgehead atoms. The van der Waals surface area contributed by atoms with E-state index in [1.165, 1.54) is 19.3 Å². The maximum Gasteiger partial charge on any atom is 0.325 e. The Labute approximate surface area is 118 Å². The molecule has 2 atom stereocenters. The number of hydrogen-bond acceptors (Lipinski definition) is 4. The summed E-state index contributed by atoms with van der Waals surface area (Å²) in [6.07, 6.45) is 5.32. The van der Waals surface area contributed by atoms with Gasteiger partial charge in [-0.1, -0.05) is 33.1 Å². The number of unbranched alkanes of at least 4 members (excludes halogenated alkanes) is 1. The summed E-state index contributed by atoms with van der Waals surface area (Å²) in [7, 11) is 0. The van der Waals surface area contributed by atoms with Gasteiger partial charge in [0.2, 0.25) is 0 Å². The molecule has 0 heterocycles. The number of rotatable bonds is 11. The smallest absolute Gasteiger partial charge is 0.325 e. The van der Waals surface area contributed by atoms with Crippen molar-refractivity contribution in [3.8, 4) is 0 Å². The molecule has 114 valence electrons. The van der Waals surface area contributed by atoms with Crippen molar-refractivity contribution in [3.63, 3.8) is 0 Å². The Morgan fingerprint density at radius 3 is 2.53 bits per heavy atom. The van der Waals surface area contributed by atoms with Crippen LogP contribution in [0.25, 0.3) is 0 Å². The second-order valence-electron chi connectivity index (χ2n) is 5.38. The van der Waals surface area contributed by atoms with Crippen molar-refractivity contribution in [1.29, 1.82) is 0 Å². The maximum absolute atomic E-state index is 11.6. The minimum atomic E-state index is -0.943. The number of ether oxygens (including phenoxy) is 2. The predicted molar refractivity (Wildman–Crippen MR) is 78.0 cm³/mol. The lowest BCUT2D eigenvalue weighted by molar-refractivity contribution is -0.149. The zero-order chi connectivity index (χ0) is 14.7. The van der Waals surface area contributed by atoms with Crippen LogP contribution < -0.4 is 5.73 Å². The topological polar surface area (TPSA) is 61.5 Å². The molecule has 0 saturated heterocycles. The number of carbonyl (C=O) groups is 1. The van der Waals surface area contributed by atoms with E-state index in [-0.39, 0.29) is 5.97 Å². The van der Waals surface area contributed by atoms with Gasteiger partial charge in [0.15, 0.2) is 0 Å². The summed E-state index contributed by atoms with van der Waals surface area (Å²) in [4.78, 5) is 11.6. The fraction of sp³-hybridized carbons (Fsp3) is 0.933. The summed E-state index contributed by atoms with van der Waals surface area (Å²) >= 11 is 0. The van der Waals surface area contributed by atoms with Gasteiger partial charge in [0.1, 0.15) is 5.54 Å². The van der Waals surface area contributed by atoms with Crippen molar-refractivity contribution >= 4 is 5.97 Å². The molecular formula is C15H31NO3. The molecule has 4 nitrogen and oxygen atoms in total. The lowest BCUT2D eigenvalue weighted by Crippen LogP contribution is -2.47. The van der Waals surface area contributed by atoms with Crippen molar-refractivity contribution in [2.24, 2.45) is 11.7 Å². The molecule has 2 unspecified atom stereocenters. The average molecular weight is 273 g/mol. The van der Waals surface area contributed by atoms with Gasteiger partial charge < -0.3 is 15.2 Å². The number of nitrogens with two attached hydrogens (primary N) is 1. The molecule has 0 aliphatic carbocycles. The Bertz CT molecular complexity index is 242. The molecule has 19 heavy (non-hydrogen) atoms. The standard InChI is InChI=1S/C15H31NO3/c1-5-8-9-13(6-2)12-18-11-10-15(4,16)14(17)19-7-3/h13H,5-12,16H2,1-4H3. The SMILES string of the molecule is CCCCC(CC)COCCC(C)(N)C(=O)OCC. The summed E-state index contributed by atoms with van der Waals surface area (Å²) in [5.41, 5.74) is 4.98. The van der Waals surface area contributed by atoms with Crippen molar-refractivity contribution in [2.75, 3.05) is 19.8 Å². The normalized spacial score (nSPS) is 15.8. The van der Waals surface area contributed by atoms with Crippen LogP contribution in [0.1, 0.15) is 59.8 Å².